The van der Waals surface area contributed by atoms with Crippen molar-refractivity contribution in [1.82, 2.24) is 0 Å². The monoisotopic (exact) mass is 403 g/mol. The van der Waals surface area contributed by atoms with Crippen LogP contribution in [-0.2, 0) is 0 Å². The Labute approximate surface area is 160 Å². The SMILES string of the molecule is [SiH3]c1ccc(N(c2ccc([SiH2]Cl)cc2)c2ccc([SiH2]Cl)cc2)cc1. The summed E-state index contributed by atoms with van der Waals surface area (Å²) in [6.45, 7) is 0. The average molecular weight is 405 g/mol. The van der Waals surface area contributed by atoms with E-state index in [4.69, 9.17) is 22.2 Å². The van der Waals surface area contributed by atoms with Gasteiger partial charge in [-0.05, 0) is 46.8 Å². The van der Waals surface area contributed by atoms with Crippen molar-refractivity contribution < 1.29 is 0 Å². The van der Waals surface area contributed by atoms with E-state index in [1.54, 1.807) is 0 Å². The number of rotatable bonds is 5. The Balaban J connectivity index is 2.06. The summed E-state index contributed by atoms with van der Waals surface area (Å²) in [5.74, 6) is 0. The molecule has 0 spiro atoms. The van der Waals surface area contributed by atoms with Crippen LogP contribution in [-0.4, -0.2) is 27.9 Å². The van der Waals surface area contributed by atoms with E-state index in [9.17, 15) is 0 Å². The smallest absolute Gasteiger partial charge is 0.155 e. The van der Waals surface area contributed by atoms with Crippen molar-refractivity contribution in [3.8, 4) is 0 Å². The Morgan fingerprint density at radius 1 is 0.583 bits per heavy atom. The molecule has 0 aliphatic heterocycles. The number of halogens is 2. The summed E-state index contributed by atoms with van der Waals surface area (Å²) in [4.78, 5) is 2.28. The Morgan fingerprint density at radius 3 is 1.25 bits per heavy atom. The Bertz CT molecular complexity index is 743. The molecule has 0 atom stereocenters. The van der Waals surface area contributed by atoms with Gasteiger partial charge in [-0.15, -0.1) is 0 Å². The molecule has 0 unspecified atom stereocenters. The molecule has 0 radical (unpaired) electrons. The van der Waals surface area contributed by atoms with Crippen LogP contribution in [0.5, 0.6) is 0 Å². The van der Waals surface area contributed by atoms with Gasteiger partial charge < -0.3 is 4.90 Å². The molecule has 0 fully saturated rings. The lowest BCUT2D eigenvalue weighted by Gasteiger charge is -2.26. The van der Waals surface area contributed by atoms with Gasteiger partial charge in [0.15, 0.2) is 17.7 Å². The molecule has 0 aliphatic rings. The zero-order valence-electron chi connectivity index (χ0n) is 13.5. The molecule has 0 aromatic heterocycles. The number of hydrogen-bond donors (Lipinski definition) is 0. The fraction of sp³-hybridized carbons (Fsp3) is 0. The first-order valence-electron chi connectivity index (χ1n) is 7.88. The summed E-state index contributed by atoms with van der Waals surface area (Å²) in [5, 5.41) is 3.92. The van der Waals surface area contributed by atoms with Gasteiger partial charge in [-0.1, -0.05) is 41.6 Å². The van der Waals surface area contributed by atoms with Crippen LogP contribution in [0, 0.1) is 0 Å². The van der Waals surface area contributed by atoms with Crippen LogP contribution in [0.15, 0.2) is 72.8 Å². The lowest BCUT2D eigenvalue weighted by atomic mass is 10.2. The molecule has 0 aliphatic carbocycles. The highest BCUT2D eigenvalue weighted by Crippen LogP contribution is 2.33. The first kappa shape index (κ1) is 17.5. The van der Waals surface area contributed by atoms with Crippen LogP contribution < -0.4 is 20.5 Å². The summed E-state index contributed by atoms with van der Waals surface area (Å²) in [6.07, 6.45) is 0. The third-order valence-electron chi connectivity index (χ3n) is 3.99. The number of hydrogen-bond acceptors (Lipinski definition) is 1. The van der Waals surface area contributed by atoms with Crippen molar-refractivity contribution in [3.63, 3.8) is 0 Å². The van der Waals surface area contributed by atoms with E-state index in [0.29, 0.717) is 0 Å². The van der Waals surface area contributed by atoms with E-state index in [1.807, 2.05) is 0 Å². The van der Waals surface area contributed by atoms with E-state index in [0.717, 1.165) is 21.6 Å². The maximum atomic E-state index is 6.06. The maximum absolute atomic E-state index is 6.06. The van der Waals surface area contributed by atoms with E-state index >= 15 is 0 Å². The van der Waals surface area contributed by atoms with Crippen molar-refractivity contribution in [1.29, 1.82) is 0 Å². The lowest BCUT2D eigenvalue weighted by Crippen LogP contribution is -2.15. The van der Waals surface area contributed by atoms with Crippen molar-refractivity contribution in [2.75, 3.05) is 4.90 Å². The summed E-state index contributed by atoms with van der Waals surface area (Å²) >= 11 is 12.1. The standard InChI is InChI=1S/C18H19Cl2NSi3/c19-23-17-9-3-14(4-10-17)21(13-1-7-16(22)8-2-13)15-5-11-18(24-20)12-6-15/h1-12H,23-24H2,22H3. The molecule has 3 aromatic rings. The Hall–Kier alpha value is -1.31. The summed E-state index contributed by atoms with van der Waals surface area (Å²) in [7, 11) is -0.214. The van der Waals surface area contributed by atoms with Crippen LogP contribution in [0.25, 0.3) is 0 Å². The first-order chi connectivity index (χ1) is 11.7. The fourth-order valence-corrected chi connectivity index (χ4v) is 4.84. The zero-order valence-corrected chi connectivity index (χ0v) is 19.9. The molecular formula is C18H19Cl2NSi3. The molecule has 0 heterocycles. The third kappa shape index (κ3) is 4.02. The van der Waals surface area contributed by atoms with Crippen LogP contribution >= 0.6 is 22.2 Å². The van der Waals surface area contributed by atoms with Crippen LogP contribution in [0.1, 0.15) is 0 Å². The quantitative estimate of drug-likeness (QED) is 0.454. The third-order valence-corrected chi connectivity index (χ3v) is 8.07. The molecule has 6 heteroatoms. The van der Waals surface area contributed by atoms with Crippen molar-refractivity contribution in [3.05, 3.63) is 72.8 Å². The predicted molar refractivity (Wildman–Crippen MR) is 119 cm³/mol. The zero-order chi connectivity index (χ0) is 16.9. The van der Waals surface area contributed by atoms with Crippen molar-refractivity contribution >= 4 is 82.7 Å². The molecule has 0 amide bonds. The van der Waals surface area contributed by atoms with Crippen molar-refractivity contribution in [2.24, 2.45) is 0 Å². The van der Waals surface area contributed by atoms with Gasteiger partial charge in [0.25, 0.3) is 0 Å². The second-order valence-corrected chi connectivity index (χ2v) is 10.7. The van der Waals surface area contributed by atoms with E-state index in [1.165, 1.54) is 21.2 Å². The maximum Gasteiger partial charge on any atom is 0.155 e. The normalized spacial score (nSPS) is 11.8. The summed E-state index contributed by atoms with van der Waals surface area (Å²) < 4.78 is 0. The molecule has 1 nitrogen and oxygen atoms in total. The number of benzene rings is 3. The molecule has 3 aromatic carbocycles. The van der Waals surface area contributed by atoms with Gasteiger partial charge in [0.1, 0.15) is 0 Å². The average Bonchev–Trinajstić information content (AvgIpc) is 2.64. The van der Waals surface area contributed by atoms with Crippen LogP contribution in [0.3, 0.4) is 0 Å². The van der Waals surface area contributed by atoms with Crippen LogP contribution in [0.4, 0.5) is 17.1 Å². The van der Waals surface area contributed by atoms with Gasteiger partial charge in [-0.25, -0.2) is 0 Å². The second kappa shape index (κ2) is 8.18. The summed E-state index contributed by atoms with van der Waals surface area (Å²) in [5.41, 5.74) is 3.46. The van der Waals surface area contributed by atoms with E-state index in [2.05, 4.69) is 77.7 Å². The van der Waals surface area contributed by atoms with Gasteiger partial charge in [0, 0.05) is 27.3 Å². The Morgan fingerprint density at radius 2 is 0.917 bits per heavy atom. The van der Waals surface area contributed by atoms with E-state index in [-0.39, 0.29) is 0 Å². The summed E-state index contributed by atoms with van der Waals surface area (Å²) in [6, 6.07) is 26.0. The topological polar surface area (TPSA) is 3.24 Å². The second-order valence-electron chi connectivity index (χ2n) is 5.77. The van der Waals surface area contributed by atoms with Gasteiger partial charge >= 0.3 is 0 Å². The highest BCUT2D eigenvalue weighted by molar-refractivity contribution is 7.01. The van der Waals surface area contributed by atoms with Gasteiger partial charge in [0.05, 0.1) is 0 Å². The molecule has 0 saturated heterocycles. The van der Waals surface area contributed by atoms with Crippen LogP contribution in [0.2, 0.25) is 0 Å². The largest absolute Gasteiger partial charge is 0.311 e. The molecule has 0 N–H and O–H groups in total. The number of anilines is 3. The molecule has 0 saturated carbocycles. The lowest BCUT2D eigenvalue weighted by molar-refractivity contribution is 1.29. The minimum Gasteiger partial charge on any atom is -0.311 e. The van der Waals surface area contributed by atoms with Crippen molar-refractivity contribution in [2.45, 2.75) is 0 Å². The molecule has 3 rings (SSSR count). The first-order valence-corrected chi connectivity index (χ1v) is 14.6. The van der Waals surface area contributed by atoms with E-state index < -0.39 is 17.7 Å². The number of nitrogens with zero attached hydrogens (tertiary/aromatic N) is 1. The minimum absolute atomic E-state index is 0.641. The molecule has 122 valence electrons. The highest BCUT2D eigenvalue weighted by atomic mass is 35.6. The molecular weight excluding hydrogens is 385 g/mol. The highest BCUT2D eigenvalue weighted by Gasteiger charge is 2.12. The van der Waals surface area contributed by atoms with Gasteiger partial charge in [-0.3, -0.25) is 0 Å². The Kier molecular flexibility index (Phi) is 5.97. The van der Waals surface area contributed by atoms with Gasteiger partial charge in [-0.2, -0.15) is 22.2 Å². The predicted octanol–water partition coefficient (Wildman–Crippen LogP) is 1.04. The van der Waals surface area contributed by atoms with Gasteiger partial charge in [0.2, 0.25) is 0 Å². The molecule has 24 heavy (non-hydrogen) atoms. The minimum atomic E-state index is -0.641. The molecule has 0 bridgehead atoms. The fourth-order valence-electron chi connectivity index (χ4n) is 2.61.